The van der Waals surface area contributed by atoms with Crippen LogP contribution in [0.15, 0.2) is 78.4 Å². The number of aliphatic hydroxyl groups is 2. The first-order valence-corrected chi connectivity index (χ1v) is 21.2. The number of hydrogen-bond acceptors (Lipinski definition) is 5. The molecule has 0 aromatic heterocycles. The Kier molecular flexibility index (Phi) is 13.5. The van der Waals surface area contributed by atoms with Gasteiger partial charge in [0.05, 0.1) is 18.2 Å². The van der Waals surface area contributed by atoms with Crippen molar-refractivity contribution in [3.05, 3.63) is 117 Å². The molecule has 1 amide bonds. The Morgan fingerprint density at radius 1 is 1.02 bits per heavy atom. The first kappa shape index (κ1) is 42.1. The molecule has 6 nitrogen and oxygen atoms in total. The van der Waals surface area contributed by atoms with Crippen molar-refractivity contribution in [3.63, 3.8) is 0 Å². The number of nitrogens with zero attached hydrogens (tertiary/aromatic N) is 1. The predicted molar refractivity (Wildman–Crippen MR) is 221 cm³/mol. The molecule has 7 rings (SSSR count). The van der Waals surface area contributed by atoms with Gasteiger partial charge in [-0.15, -0.1) is 0 Å². The molecule has 0 aliphatic heterocycles. The van der Waals surface area contributed by atoms with Gasteiger partial charge in [0.15, 0.2) is 5.78 Å². The Labute approximate surface area is 338 Å². The van der Waals surface area contributed by atoms with Gasteiger partial charge in [-0.25, -0.2) is 9.18 Å². The van der Waals surface area contributed by atoms with Gasteiger partial charge in [0.1, 0.15) is 11.9 Å². The molecule has 302 valence electrons. The van der Waals surface area contributed by atoms with Gasteiger partial charge >= 0.3 is 6.09 Å². The fourth-order valence-electron chi connectivity index (χ4n) is 9.96. The third-order valence-electron chi connectivity index (χ3n) is 13.5. The lowest BCUT2D eigenvalue weighted by Crippen LogP contribution is -2.54. The third-order valence-corrected chi connectivity index (χ3v) is 13.9. The van der Waals surface area contributed by atoms with Crippen molar-refractivity contribution in [3.8, 4) is 0 Å². The van der Waals surface area contributed by atoms with E-state index in [1.807, 2.05) is 48.5 Å². The zero-order valence-electron chi connectivity index (χ0n) is 33.9. The number of amides is 1. The highest BCUT2D eigenvalue weighted by Gasteiger charge is 2.58. The highest BCUT2D eigenvalue weighted by Crippen LogP contribution is 2.59. The molecular formula is C48H61ClFNO5. The van der Waals surface area contributed by atoms with Gasteiger partial charge in [0.2, 0.25) is 0 Å². The summed E-state index contributed by atoms with van der Waals surface area (Å²) in [4.78, 5) is 30.6. The van der Waals surface area contributed by atoms with E-state index in [2.05, 4.69) is 40.7 Å². The lowest BCUT2D eigenvalue weighted by atomic mass is 9.64. The number of hydrogen-bond donors (Lipinski definition) is 2. The average Bonchev–Trinajstić information content (AvgIpc) is 3.40. The summed E-state index contributed by atoms with van der Waals surface area (Å²) in [6.07, 6.45) is 7.76. The van der Waals surface area contributed by atoms with Crippen molar-refractivity contribution < 1.29 is 28.9 Å². The standard InChI is InChI=1S/C48H61ClFNO5/c1-31(2)37-20-17-33(4)25-45(37)56-46(54)51(29-34-12-7-6-8-13-34)30-48(55)24-22-41-38-21-18-35(26-36(52)19-16-32(3)11-10-23-47(41,48)5)27-39(38)44(53)28-40-42(49)14-9-15-43(40)50/h6-9,11-15,18,21,27,31,33,36-37,41,45,52,55H,10,16-17,19-20,22-26,28-30H2,1-5H3/t33-,36-,37+,41-,45-,47-,48+/m0/s1. The first-order chi connectivity index (χ1) is 26.7. The number of halogens is 2. The minimum Gasteiger partial charge on any atom is -0.446 e. The van der Waals surface area contributed by atoms with E-state index in [4.69, 9.17) is 16.3 Å². The van der Waals surface area contributed by atoms with Crippen LogP contribution in [0.5, 0.6) is 0 Å². The van der Waals surface area contributed by atoms with Gasteiger partial charge in [0, 0.05) is 34.5 Å². The summed E-state index contributed by atoms with van der Waals surface area (Å²) >= 11 is 6.42. The molecule has 0 radical (unpaired) electrons. The topological polar surface area (TPSA) is 87.1 Å². The third kappa shape index (κ3) is 9.43. The summed E-state index contributed by atoms with van der Waals surface area (Å²) in [5.41, 5.74) is 2.28. The molecule has 0 spiro atoms. The van der Waals surface area contributed by atoms with Gasteiger partial charge in [-0.05, 0) is 123 Å². The smallest absolute Gasteiger partial charge is 0.410 e. The van der Waals surface area contributed by atoms with Crippen LogP contribution in [-0.4, -0.2) is 51.3 Å². The number of rotatable bonds is 9. The second-order valence-electron chi connectivity index (χ2n) is 17.8. The Morgan fingerprint density at radius 3 is 2.52 bits per heavy atom. The van der Waals surface area contributed by atoms with Crippen LogP contribution in [0.4, 0.5) is 9.18 Å². The maximum Gasteiger partial charge on any atom is 0.410 e. The largest absolute Gasteiger partial charge is 0.446 e. The van der Waals surface area contributed by atoms with Gasteiger partial charge in [-0.2, -0.15) is 0 Å². The molecule has 2 fully saturated rings. The van der Waals surface area contributed by atoms with Gasteiger partial charge in [0.25, 0.3) is 0 Å². The minimum absolute atomic E-state index is 0.0729. The number of carbonyl (C=O) groups excluding carboxylic acids is 2. The minimum atomic E-state index is -1.33. The van der Waals surface area contributed by atoms with Gasteiger partial charge in [-0.3, -0.25) is 4.79 Å². The van der Waals surface area contributed by atoms with Crippen molar-refractivity contribution in [1.82, 2.24) is 4.90 Å². The Hall–Kier alpha value is -3.52. The van der Waals surface area contributed by atoms with Crippen molar-refractivity contribution >= 4 is 23.5 Å². The molecule has 3 aromatic rings. The Balaban J connectivity index is 1.39. The molecular weight excluding hydrogens is 725 g/mol. The molecule has 7 atom stereocenters. The van der Waals surface area contributed by atoms with Crippen LogP contribution in [0.1, 0.15) is 131 Å². The lowest BCUT2D eigenvalue weighted by molar-refractivity contribution is -0.0876. The lowest BCUT2D eigenvalue weighted by Gasteiger charge is -2.46. The quantitative estimate of drug-likeness (QED) is 0.167. The van der Waals surface area contributed by atoms with Gasteiger partial charge < -0.3 is 19.8 Å². The summed E-state index contributed by atoms with van der Waals surface area (Å²) in [5.74, 6) is 0.0715. The molecule has 2 saturated carbocycles. The van der Waals surface area contributed by atoms with Crippen LogP contribution < -0.4 is 0 Å². The Bertz CT molecular complexity index is 1860. The summed E-state index contributed by atoms with van der Waals surface area (Å²) in [6, 6.07) is 20.1. The number of carbonyl (C=O) groups is 2. The fraction of sp³-hybridized carbons (Fsp3) is 0.542. The maximum atomic E-state index is 15.0. The van der Waals surface area contributed by atoms with Gasteiger partial charge in [-0.1, -0.05) is 106 Å². The van der Waals surface area contributed by atoms with Crippen LogP contribution in [0.25, 0.3) is 0 Å². The number of fused-ring (bicyclic) bond motifs is 8. The van der Waals surface area contributed by atoms with Crippen LogP contribution in [0.2, 0.25) is 5.02 Å². The fourth-order valence-corrected chi connectivity index (χ4v) is 10.2. The highest BCUT2D eigenvalue weighted by molar-refractivity contribution is 6.31. The number of ketones is 1. The number of allylic oxidation sites excluding steroid dienone is 2. The van der Waals surface area contributed by atoms with E-state index in [0.29, 0.717) is 62.5 Å². The van der Waals surface area contributed by atoms with E-state index < -0.39 is 29.0 Å². The van der Waals surface area contributed by atoms with Crippen LogP contribution in [-0.2, 0) is 24.1 Å². The summed E-state index contributed by atoms with van der Waals surface area (Å²) in [7, 11) is 0. The summed E-state index contributed by atoms with van der Waals surface area (Å²) in [5, 5.41) is 24.4. The van der Waals surface area contributed by atoms with Crippen molar-refractivity contribution in [2.24, 2.45) is 23.2 Å². The molecule has 4 aliphatic rings. The SMILES string of the molecule is CC1=CCC[C@@]2(C)[C@@H](CC[C@@]2(O)CN(Cc2ccccc2)C(=O)O[C@H]2C[C@@H](C)CC[C@@H]2C(C)C)c2ccc(cc2C(=O)Cc2c(F)cccc2Cl)C[C@@H](O)CC1. The second kappa shape index (κ2) is 18.0. The number of ether oxygens (including phenoxy) is 1. The molecule has 3 aromatic carbocycles. The monoisotopic (exact) mass is 785 g/mol. The zero-order chi connectivity index (χ0) is 40.2. The van der Waals surface area contributed by atoms with E-state index in [0.717, 1.165) is 42.4 Å². The van der Waals surface area contributed by atoms with E-state index in [9.17, 15) is 19.8 Å². The second-order valence-corrected chi connectivity index (χ2v) is 18.2. The highest BCUT2D eigenvalue weighted by atomic mass is 35.5. The number of benzene rings is 3. The van der Waals surface area contributed by atoms with E-state index >= 15 is 4.39 Å². The molecule has 0 saturated heterocycles. The Morgan fingerprint density at radius 2 is 1.79 bits per heavy atom. The number of aliphatic hydroxyl groups excluding tert-OH is 1. The summed E-state index contributed by atoms with van der Waals surface area (Å²) < 4.78 is 21.5. The molecule has 8 heteroatoms. The summed E-state index contributed by atoms with van der Waals surface area (Å²) in [6.45, 7) is 11.2. The van der Waals surface area contributed by atoms with E-state index in [1.165, 1.54) is 17.7 Å². The first-order valence-electron chi connectivity index (χ1n) is 20.8. The molecule has 56 heavy (non-hydrogen) atoms. The number of Topliss-reactive ketones (excluding diaryl/α,β-unsaturated/α-hetero) is 1. The molecule has 0 heterocycles. The molecule has 4 aliphatic carbocycles. The average molecular weight is 786 g/mol. The van der Waals surface area contributed by atoms with Crippen molar-refractivity contribution in [1.29, 1.82) is 0 Å². The van der Waals surface area contributed by atoms with Crippen LogP contribution >= 0.6 is 11.6 Å². The zero-order valence-corrected chi connectivity index (χ0v) is 34.7. The van der Waals surface area contributed by atoms with Crippen molar-refractivity contribution in [2.75, 3.05) is 6.54 Å². The maximum absolute atomic E-state index is 15.0. The molecule has 2 N–H and O–H groups in total. The van der Waals surface area contributed by atoms with Crippen molar-refractivity contribution in [2.45, 2.75) is 136 Å². The van der Waals surface area contributed by atoms with Crippen LogP contribution in [0.3, 0.4) is 0 Å². The normalized spacial score (nSPS) is 28.3. The predicted octanol–water partition coefficient (Wildman–Crippen LogP) is 11.0. The van der Waals surface area contributed by atoms with E-state index in [-0.39, 0.29) is 47.3 Å². The molecule has 2 bridgehead atoms. The van der Waals surface area contributed by atoms with Crippen LogP contribution in [0, 0.1) is 29.0 Å². The van der Waals surface area contributed by atoms with E-state index in [1.54, 1.807) is 11.0 Å². The molecule has 0 unspecified atom stereocenters.